The highest BCUT2D eigenvalue weighted by molar-refractivity contribution is 7.91. The van der Waals surface area contributed by atoms with E-state index in [2.05, 4.69) is 36.1 Å². The maximum Gasteiger partial charge on any atom is 0.266 e. The molecule has 1 aromatic carbocycles. The zero-order chi connectivity index (χ0) is 24.8. The molecule has 0 saturated carbocycles. The Morgan fingerprint density at radius 1 is 0.971 bits per heavy atom. The van der Waals surface area contributed by atoms with Crippen molar-refractivity contribution in [1.82, 2.24) is 14.7 Å². The minimum Gasteiger partial charge on any atom is -0.369 e. The van der Waals surface area contributed by atoms with Crippen LogP contribution in [0.15, 0.2) is 24.3 Å². The minimum absolute atomic E-state index is 0. The topological polar surface area (TPSA) is 110 Å². The highest BCUT2D eigenvalue weighted by Gasteiger charge is 2.55. The lowest BCUT2D eigenvalue weighted by Crippen LogP contribution is -2.64. The molecule has 2 aliphatic heterocycles. The Kier molecular flexibility index (Phi) is 10.8. The first kappa shape index (κ1) is 29.4. The fraction of sp³-hybridized carbons (Fsp3) is 0.667. The van der Waals surface area contributed by atoms with Crippen molar-refractivity contribution in [3.63, 3.8) is 0 Å². The molecule has 2 N–H and O–H groups in total. The van der Waals surface area contributed by atoms with Gasteiger partial charge < -0.3 is 9.80 Å². The Hall–Kier alpha value is -1.88. The second-order valence-electron chi connectivity index (χ2n) is 9.18. The summed E-state index contributed by atoms with van der Waals surface area (Å²) in [4.78, 5) is 28.4. The van der Waals surface area contributed by atoms with Gasteiger partial charge in [-0.3, -0.25) is 14.8 Å². The van der Waals surface area contributed by atoms with Crippen LogP contribution < -0.4 is 10.4 Å². The number of benzene rings is 1. The molecule has 35 heavy (non-hydrogen) atoms. The average Bonchev–Trinajstić information content (AvgIpc) is 2.88. The van der Waals surface area contributed by atoms with Crippen molar-refractivity contribution in [2.24, 2.45) is 0 Å². The number of anilines is 1. The number of carbonyl (C=O) groups is 2. The molecule has 2 heterocycles. The van der Waals surface area contributed by atoms with Gasteiger partial charge in [-0.15, -0.1) is 12.4 Å². The van der Waals surface area contributed by atoms with E-state index in [1.807, 2.05) is 0 Å². The van der Waals surface area contributed by atoms with Crippen molar-refractivity contribution in [2.45, 2.75) is 63.5 Å². The van der Waals surface area contributed by atoms with Gasteiger partial charge in [-0.25, -0.2) is 13.9 Å². The molecule has 198 valence electrons. The fourth-order valence-electron chi connectivity index (χ4n) is 4.93. The molecular formula is C24H39ClN4O5S. The number of piperidine rings is 1. The standard InChI is InChI=1S/C24H38N4O5S.ClH/c1-3-5-6-7-20-8-10-21(11-9-20)26-16-18-28(19-17-26)34(32,33)24(23(30)25-31)12-14-27(15-13-24)22(29)4-2;/h8-11,31H,3-7,12-19H2,1-2H3,(H,25,30);1H. The number of unbranched alkanes of at least 4 members (excludes halogenated alkanes) is 2. The van der Waals surface area contributed by atoms with E-state index in [0.717, 1.165) is 12.1 Å². The minimum atomic E-state index is -4.04. The molecule has 2 aliphatic rings. The lowest BCUT2D eigenvalue weighted by atomic mass is 9.94. The third-order valence-electron chi connectivity index (χ3n) is 7.18. The summed E-state index contributed by atoms with van der Waals surface area (Å²) in [6, 6.07) is 8.46. The second-order valence-corrected chi connectivity index (χ2v) is 11.4. The van der Waals surface area contributed by atoms with E-state index in [0.29, 0.717) is 19.5 Å². The molecule has 0 bridgehead atoms. The van der Waals surface area contributed by atoms with Gasteiger partial charge in [0.25, 0.3) is 5.91 Å². The summed E-state index contributed by atoms with van der Waals surface area (Å²) in [5.41, 5.74) is 3.95. The molecule has 0 radical (unpaired) electrons. The number of rotatable bonds is 9. The normalized spacial score (nSPS) is 18.6. The summed E-state index contributed by atoms with van der Waals surface area (Å²) >= 11 is 0. The number of nitrogens with one attached hydrogen (secondary N) is 1. The van der Waals surface area contributed by atoms with E-state index in [4.69, 9.17) is 0 Å². The van der Waals surface area contributed by atoms with E-state index >= 15 is 0 Å². The second kappa shape index (κ2) is 12.9. The molecule has 1 aromatic rings. The first-order valence-corrected chi connectivity index (χ1v) is 13.8. The summed E-state index contributed by atoms with van der Waals surface area (Å²) < 4.78 is 26.9. The van der Waals surface area contributed by atoms with Crippen LogP contribution >= 0.6 is 12.4 Å². The van der Waals surface area contributed by atoms with E-state index in [1.165, 1.54) is 29.1 Å². The SMILES string of the molecule is CCCCCc1ccc(N2CCN(S(=O)(=O)C3(C(=O)NO)CCN(C(=O)CC)CC3)CC2)cc1.Cl. The lowest BCUT2D eigenvalue weighted by Gasteiger charge is -2.44. The summed E-state index contributed by atoms with van der Waals surface area (Å²) in [6.07, 6.45) is 4.92. The molecule has 0 aromatic heterocycles. The van der Waals surface area contributed by atoms with Crippen molar-refractivity contribution in [3.8, 4) is 0 Å². The van der Waals surface area contributed by atoms with Gasteiger partial charge in [0.1, 0.15) is 0 Å². The van der Waals surface area contributed by atoms with Crippen LogP contribution in [0.25, 0.3) is 0 Å². The van der Waals surface area contributed by atoms with Gasteiger partial charge >= 0.3 is 0 Å². The van der Waals surface area contributed by atoms with Crippen LogP contribution in [0.1, 0.15) is 57.9 Å². The van der Waals surface area contributed by atoms with E-state index < -0.39 is 20.7 Å². The monoisotopic (exact) mass is 530 g/mol. The summed E-state index contributed by atoms with van der Waals surface area (Å²) in [5, 5.41) is 9.35. The number of halogens is 1. The predicted octanol–water partition coefficient (Wildman–Crippen LogP) is 2.57. The number of carbonyl (C=O) groups excluding carboxylic acids is 2. The van der Waals surface area contributed by atoms with Crippen LogP contribution in [0.3, 0.4) is 0 Å². The third-order valence-corrected chi connectivity index (χ3v) is 9.81. The number of nitrogens with zero attached hydrogens (tertiary/aromatic N) is 3. The molecule has 9 nitrogen and oxygen atoms in total. The Balaban J connectivity index is 0.00000432. The first-order valence-electron chi connectivity index (χ1n) is 12.3. The van der Waals surface area contributed by atoms with Crippen molar-refractivity contribution < 1.29 is 23.2 Å². The van der Waals surface area contributed by atoms with Gasteiger partial charge in [0.05, 0.1) is 0 Å². The van der Waals surface area contributed by atoms with Crippen LogP contribution in [0, 0.1) is 0 Å². The lowest BCUT2D eigenvalue weighted by molar-refractivity contribution is -0.137. The van der Waals surface area contributed by atoms with Gasteiger partial charge in [0.15, 0.2) is 4.75 Å². The summed E-state index contributed by atoms with van der Waals surface area (Å²) in [6.45, 7) is 5.85. The number of hydrogen-bond acceptors (Lipinski definition) is 6. The third kappa shape index (κ3) is 6.28. The quantitative estimate of drug-likeness (QED) is 0.288. The molecule has 2 saturated heterocycles. The molecule has 0 spiro atoms. The van der Waals surface area contributed by atoms with Gasteiger partial charge in [-0.1, -0.05) is 38.8 Å². The zero-order valence-electron chi connectivity index (χ0n) is 20.7. The average molecular weight is 531 g/mol. The predicted molar refractivity (Wildman–Crippen MR) is 138 cm³/mol. The molecular weight excluding hydrogens is 492 g/mol. The number of sulfonamides is 1. The Morgan fingerprint density at radius 3 is 2.09 bits per heavy atom. The number of piperazine rings is 1. The van der Waals surface area contributed by atoms with Gasteiger partial charge in [0, 0.05) is 51.4 Å². The van der Waals surface area contributed by atoms with Crippen LogP contribution in [-0.2, 0) is 26.0 Å². The first-order chi connectivity index (χ1) is 16.3. The van der Waals surface area contributed by atoms with Gasteiger partial charge in [-0.2, -0.15) is 4.31 Å². The van der Waals surface area contributed by atoms with Crippen molar-refractivity contribution in [3.05, 3.63) is 29.8 Å². The van der Waals surface area contributed by atoms with Gasteiger partial charge in [-0.05, 0) is 43.4 Å². The van der Waals surface area contributed by atoms with Crippen LogP contribution in [0.4, 0.5) is 5.69 Å². The van der Waals surface area contributed by atoms with Crippen molar-refractivity contribution >= 4 is 39.9 Å². The number of aryl methyl sites for hydroxylation is 1. The maximum atomic E-state index is 13.7. The number of hydrogen-bond donors (Lipinski definition) is 2. The van der Waals surface area contributed by atoms with E-state index in [-0.39, 0.29) is 57.3 Å². The summed E-state index contributed by atoms with van der Waals surface area (Å²) in [5.74, 6) is -0.988. The van der Waals surface area contributed by atoms with Crippen LogP contribution in [0.5, 0.6) is 0 Å². The molecule has 2 amide bonds. The van der Waals surface area contributed by atoms with Crippen molar-refractivity contribution in [1.29, 1.82) is 0 Å². The molecule has 0 aliphatic carbocycles. The van der Waals surface area contributed by atoms with Crippen molar-refractivity contribution in [2.75, 3.05) is 44.2 Å². The molecule has 2 fully saturated rings. The van der Waals surface area contributed by atoms with E-state index in [1.54, 1.807) is 17.3 Å². The molecule has 0 unspecified atom stereocenters. The maximum absolute atomic E-state index is 13.7. The molecule has 0 atom stereocenters. The Bertz CT molecular complexity index is 941. The van der Waals surface area contributed by atoms with Crippen LogP contribution in [0.2, 0.25) is 0 Å². The zero-order valence-corrected chi connectivity index (χ0v) is 22.4. The van der Waals surface area contributed by atoms with E-state index in [9.17, 15) is 23.2 Å². The molecule has 11 heteroatoms. The fourth-order valence-corrected chi connectivity index (χ4v) is 7.05. The summed E-state index contributed by atoms with van der Waals surface area (Å²) in [7, 11) is -4.04. The Labute approximate surface area is 215 Å². The van der Waals surface area contributed by atoms with Crippen LogP contribution in [-0.4, -0.2) is 78.7 Å². The number of amides is 2. The number of likely N-dealkylation sites (tertiary alicyclic amines) is 1. The largest absolute Gasteiger partial charge is 0.369 e. The smallest absolute Gasteiger partial charge is 0.266 e. The molecule has 3 rings (SSSR count). The Morgan fingerprint density at radius 2 is 1.57 bits per heavy atom. The number of hydroxylamine groups is 1. The van der Waals surface area contributed by atoms with Gasteiger partial charge in [0.2, 0.25) is 15.9 Å². The highest BCUT2D eigenvalue weighted by Crippen LogP contribution is 2.35. The highest BCUT2D eigenvalue weighted by atomic mass is 35.5.